The molecular weight excluding hydrogens is 404 g/mol. The molecule has 1 aromatic carbocycles. The minimum atomic E-state index is -4.00. The van der Waals surface area contributed by atoms with Crippen LogP contribution in [0.1, 0.15) is 34.6 Å². The highest BCUT2D eigenvalue weighted by Crippen LogP contribution is 2.31. The molecule has 8 nitrogen and oxygen atoms in total. The van der Waals surface area contributed by atoms with Gasteiger partial charge in [0.25, 0.3) is 15.9 Å². The number of hydrogen-bond acceptors (Lipinski definition) is 5. The fourth-order valence-electron chi connectivity index (χ4n) is 3.88. The Morgan fingerprint density at radius 1 is 1.13 bits per heavy atom. The second-order valence-corrected chi connectivity index (χ2v) is 9.12. The van der Waals surface area contributed by atoms with Crippen LogP contribution in [0, 0.1) is 13.8 Å². The van der Waals surface area contributed by atoms with E-state index in [9.17, 15) is 13.2 Å². The van der Waals surface area contributed by atoms with Crippen LogP contribution < -0.4 is 4.72 Å². The first kappa shape index (κ1) is 20.2. The smallest absolute Gasteiger partial charge is 0.264 e. The molecule has 0 bridgehead atoms. The van der Waals surface area contributed by atoms with Crippen molar-refractivity contribution in [2.24, 2.45) is 7.05 Å². The molecule has 1 fully saturated rings. The van der Waals surface area contributed by atoms with E-state index in [1.807, 2.05) is 0 Å². The number of likely N-dealkylation sites (tertiary alicyclic amines) is 1. The molecule has 0 radical (unpaired) electrons. The number of nitrogens with one attached hydrogen (secondary N) is 1. The Hall–Kier alpha value is -3.07. The lowest BCUT2D eigenvalue weighted by Crippen LogP contribution is -2.30. The van der Waals surface area contributed by atoms with E-state index in [2.05, 4.69) is 9.88 Å². The summed E-state index contributed by atoms with van der Waals surface area (Å²) in [5.74, 6) is 0.303. The van der Waals surface area contributed by atoms with E-state index < -0.39 is 10.0 Å². The number of amides is 1. The second-order valence-electron chi connectivity index (χ2n) is 7.50. The van der Waals surface area contributed by atoms with Crippen molar-refractivity contribution in [3.05, 3.63) is 53.5 Å². The third-order valence-electron chi connectivity index (χ3n) is 5.64. The lowest BCUT2D eigenvalue weighted by atomic mass is 10.1. The van der Waals surface area contributed by atoms with Gasteiger partial charge >= 0.3 is 0 Å². The van der Waals surface area contributed by atoms with Crippen LogP contribution in [0.25, 0.3) is 11.3 Å². The first-order chi connectivity index (χ1) is 14.3. The van der Waals surface area contributed by atoms with Gasteiger partial charge in [-0.15, -0.1) is 0 Å². The summed E-state index contributed by atoms with van der Waals surface area (Å²) >= 11 is 0. The molecule has 2 aromatic heterocycles. The van der Waals surface area contributed by atoms with E-state index in [0.717, 1.165) is 12.8 Å². The first-order valence-corrected chi connectivity index (χ1v) is 11.3. The quantitative estimate of drug-likeness (QED) is 0.672. The van der Waals surface area contributed by atoms with E-state index in [1.165, 1.54) is 6.20 Å². The Morgan fingerprint density at radius 2 is 1.87 bits per heavy atom. The van der Waals surface area contributed by atoms with Crippen molar-refractivity contribution in [2.75, 3.05) is 17.8 Å². The van der Waals surface area contributed by atoms with Gasteiger partial charge in [-0.05, 0) is 38.8 Å². The van der Waals surface area contributed by atoms with Gasteiger partial charge in [-0.3, -0.25) is 9.52 Å². The summed E-state index contributed by atoms with van der Waals surface area (Å²) < 4.78 is 36.3. The molecule has 3 aromatic rings. The summed E-state index contributed by atoms with van der Waals surface area (Å²) in [6, 6.07) is 8.56. The van der Waals surface area contributed by atoms with Gasteiger partial charge in [0.15, 0.2) is 5.76 Å². The summed E-state index contributed by atoms with van der Waals surface area (Å²) in [7, 11) is -2.23. The van der Waals surface area contributed by atoms with Crippen LogP contribution in [-0.4, -0.2) is 42.0 Å². The SMILES string of the molecule is Cc1c(C(=O)N2CCCC2)c(S(=O)(=O)Nc2cccc(-c3ccno3)c2)c(C)n1C. The van der Waals surface area contributed by atoms with Crippen molar-refractivity contribution in [1.29, 1.82) is 0 Å². The molecule has 4 rings (SSSR count). The Kier molecular flexibility index (Phi) is 5.15. The maximum absolute atomic E-state index is 13.4. The summed E-state index contributed by atoms with van der Waals surface area (Å²) in [6.45, 7) is 4.80. The predicted octanol–water partition coefficient (Wildman–Crippen LogP) is 3.33. The van der Waals surface area contributed by atoms with Gasteiger partial charge in [0.05, 0.1) is 11.8 Å². The van der Waals surface area contributed by atoms with Gasteiger partial charge in [0, 0.05) is 48.8 Å². The zero-order chi connectivity index (χ0) is 21.5. The lowest BCUT2D eigenvalue weighted by molar-refractivity contribution is 0.0788. The number of benzene rings is 1. The highest BCUT2D eigenvalue weighted by molar-refractivity contribution is 7.92. The fourth-order valence-corrected chi connectivity index (χ4v) is 5.45. The van der Waals surface area contributed by atoms with Crippen molar-refractivity contribution in [3.63, 3.8) is 0 Å². The molecule has 3 heterocycles. The molecule has 158 valence electrons. The van der Waals surface area contributed by atoms with Crippen LogP contribution in [0.2, 0.25) is 0 Å². The number of carbonyl (C=O) groups is 1. The fraction of sp³-hybridized carbons (Fsp3) is 0.333. The minimum Gasteiger partial charge on any atom is -0.356 e. The number of anilines is 1. The van der Waals surface area contributed by atoms with Crippen molar-refractivity contribution in [1.82, 2.24) is 14.6 Å². The number of nitrogens with zero attached hydrogens (tertiary/aromatic N) is 3. The molecule has 0 spiro atoms. The third-order valence-corrected chi connectivity index (χ3v) is 7.18. The molecule has 9 heteroatoms. The molecular formula is C21H24N4O4S. The summed E-state index contributed by atoms with van der Waals surface area (Å²) in [4.78, 5) is 14.9. The maximum Gasteiger partial charge on any atom is 0.264 e. The van der Waals surface area contributed by atoms with Crippen molar-refractivity contribution in [2.45, 2.75) is 31.6 Å². The Balaban J connectivity index is 1.74. The third kappa shape index (κ3) is 3.49. The molecule has 1 amide bonds. The summed E-state index contributed by atoms with van der Waals surface area (Å²) in [6.07, 6.45) is 3.40. The van der Waals surface area contributed by atoms with Gasteiger partial charge in [0.2, 0.25) is 0 Å². The van der Waals surface area contributed by atoms with Gasteiger partial charge < -0.3 is 14.0 Å². The monoisotopic (exact) mass is 428 g/mol. The summed E-state index contributed by atoms with van der Waals surface area (Å²) in [5.41, 5.74) is 2.48. The average molecular weight is 429 g/mol. The first-order valence-electron chi connectivity index (χ1n) is 9.78. The zero-order valence-electron chi connectivity index (χ0n) is 17.2. The van der Waals surface area contributed by atoms with E-state index in [1.54, 1.807) is 60.7 Å². The molecule has 1 N–H and O–H groups in total. The van der Waals surface area contributed by atoms with Crippen molar-refractivity contribution < 1.29 is 17.7 Å². The Bertz CT molecular complexity index is 1190. The molecule has 0 atom stereocenters. The molecule has 0 saturated carbocycles. The number of aromatic nitrogens is 2. The largest absolute Gasteiger partial charge is 0.356 e. The van der Waals surface area contributed by atoms with Gasteiger partial charge in [-0.25, -0.2) is 8.42 Å². The second kappa shape index (κ2) is 7.64. The maximum atomic E-state index is 13.4. The van der Waals surface area contributed by atoms with E-state index in [-0.39, 0.29) is 16.4 Å². The molecule has 0 aliphatic carbocycles. The molecule has 1 saturated heterocycles. The number of carbonyl (C=O) groups excluding carboxylic acids is 1. The van der Waals surface area contributed by atoms with Crippen LogP contribution >= 0.6 is 0 Å². The van der Waals surface area contributed by atoms with Crippen LogP contribution in [-0.2, 0) is 17.1 Å². The van der Waals surface area contributed by atoms with E-state index in [0.29, 0.717) is 41.5 Å². The minimum absolute atomic E-state index is 0.0319. The highest BCUT2D eigenvalue weighted by Gasteiger charge is 2.33. The van der Waals surface area contributed by atoms with Gasteiger partial charge in [-0.1, -0.05) is 17.3 Å². The number of sulfonamides is 1. The Morgan fingerprint density at radius 3 is 2.53 bits per heavy atom. The average Bonchev–Trinajstić information content (AvgIpc) is 3.46. The number of hydrogen-bond donors (Lipinski definition) is 1. The lowest BCUT2D eigenvalue weighted by Gasteiger charge is -2.17. The molecule has 0 unspecified atom stereocenters. The predicted molar refractivity (Wildman–Crippen MR) is 113 cm³/mol. The van der Waals surface area contributed by atoms with Crippen molar-refractivity contribution >= 4 is 21.6 Å². The molecule has 1 aliphatic heterocycles. The van der Waals surface area contributed by atoms with Gasteiger partial charge in [-0.2, -0.15) is 0 Å². The molecule has 1 aliphatic rings. The molecule has 30 heavy (non-hydrogen) atoms. The standard InChI is InChI=1S/C21H24N4O4S/c1-14-19(21(26)25-11-4-5-12-25)20(15(2)24(14)3)30(27,28)23-17-8-6-7-16(13-17)18-9-10-22-29-18/h6-10,13,23H,4-5,11-12H2,1-3H3. The zero-order valence-corrected chi connectivity index (χ0v) is 18.0. The topological polar surface area (TPSA) is 97.4 Å². The van der Waals surface area contributed by atoms with Crippen molar-refractivity contribution in [3.8, 4) is 11.3 Å². The highest BCUT2D eigenvalue weighted by atomic mass is 32.2. The van der Waals surface area contributed by atoms with Crippen LogP contribution in [0.4, 0.5) is 5.69 Å². The number of rotatable bonds is 5. The normalized spacial score (nSPS) is 14.3. The summed E-state index contributed by atoms with van der Waals surface area (Å²) in [5, 5.41) is 3.68. The van der Waals surface area contributed by atoms with E-state index >= 15 is 0 Å². The van der Waals surface area contributed by atoms with Crippen LogP contribution in [0.15, 0.2) is 45.9 Å². The van der Waals surface area contributed by atoms with E-state index in [4.69, 9.17) is 4.52 Å². The Labute approximate surface area is 175 Å². The van der Waals surface area contributed by atoms with Crippen LogP contribution in [0.3, 0.4) is 0 Å². The van der Waals surface area contributed by atoms with Gasteiger partial charge in [0.1, 0.15) is 4.90 Å². The van der Waals surface area contributed by atoms with Crippen LogP contribution in [0.5, 0.6) is 0 Å².